The highest BCUT2D eigenvalue weighted by atomic mass is 32.2. The van der Waals surface area contributed by atoms with Gasteiger partial charge in [-0.15, -0.1) is 11.3 Å². The van der Waals surface area contributed by atoms with Crippen LogP contribution in [0.5, 0.6) is 0 Å². The van der Waals surface area contributed by atoms with Crippen LogP contribution in [0.4, 0.5) is 0 Å². The van der Waals surface area contributed by atoms with Crippen LogP contribution in [0.15, 0.2) is 58.8 Å². The molecule has 0 fully saturated rings. The number of nitrogens with zero attached hydrogens (tertiary/aromatic N) is 2. The Hall–Kier alpha value is -2.48. The van der Waals surface area contributed by atoms with Crippen LogP contribution in [0.2, 0.25) is 0 Å². The number of hydrogen-bond acceptors (Lipinski definition) is 4. The molecule has 0 atom stereocenters. The fourth-order valence-corrected chi connectivity index (χ4v) is 7.08. The minimum atomic E-state index is -3.82. The van der Waals surface area contributed by atoms with Crippen LogP contribution in [0, 0.1) is 27.7 Å². The first-order valence-corrected chi connectivity index (χ1v) is 13.9. The number of carbonyl (C=O) groups is 1. The van der Waals surface area contributed by atoms with Crippen molar-refractivity contribution in [3.05, 3.63) is 86.6 Å². The number of hydrogen-bond donors (Lipinski definition) is 0. The number of sulfonamides is 1. The molecule has 0 saturated carbocycles. The lowest BCUT2D eigenvalue weighted by molar-refractivity contribution is -0.132. The molecule has 0 saturated heterocycles. The van der Waals surface area contributed by atoms with E-state index in [-0.39, 0.29) is 19.0 Å². The lowest BCUT2D eigenvalue weighted by Gasteiger charge is -2.28. The van der Waals surface area contributed by atoms with Crippen molar-refractivity contribution in [2.75, 3.05) is 13.1 Å². The summed E-state index contributed by atoms with van der Waals surface area (Å²) in [6.07, 6.45) is 0.624. The summed E-state index contributed by atoms with van der Waals surface area (Å²) in [5, 5.41) is 2.02. The Balaban J connectivity index is 1.92. The summed E-state index contributed by atoms with van der Waals surface area (Å²) in [6.45, 7) is 10.6. The molecule has 0 aliphatic heterocycles. The standard InChI is InChI=1S/C27H34N2O3S2/c1-6-13-29(34(31,32)27-22(4)15-20(2)16-23(27)5)19-26(30)28(17-24-10-8-7-9-11-24)18-25-21(3)12-14-33-25/h7-12,14-16H,6,13,17-19H2,1-5H3. The molecule has 0 aliphatic carbocycles. The maximum Gasteiger partial charge on any atom is 0.244 e. The lowest BCUT2D eigenvalue weighted by atomic mass is 10.1. The van der Waals surface area contributed by atoms with Gasteiger partial charge in [-0.2, -0.15) is 4.31 Å². The minimum Gasteiger partial charge on any atom is -0.332 e. The molecule has 182 valence electrons. The SMILES string of the molecule is CCCN(CC(=O)N(Cc1ccccc1)Cc1sccc1C)S(=O)(=O)c1c(C)cc(C)cc1C. The summed E-state index contributed by atoms with van der Waals surface area (Å²) in [4.78, 5) is 16.8. The number of thiophene rings is 1. The van der Waals surface area contributed by atoms with Crippen molar-refractivity contribution in [2.45, 2.75) is 59.0 Å². The second-order valence-electron chi connectivity index (χ2n) is 8.83. The first kappa shape index (κ1) is 26.1. The topological polar surface area (TPSA) is 57.7 Å². The Bertz CT molecular complexity index is 1210. The second kappa shape index (κ2) is 11.3. The van der Waals surface area contributed by atoms with Gasteiger partial charge in [0.15, 0.2) is 0 Å². The summed E-state index contributed by atoms with van der Waals surface area (Å²) < 4.78 is 28.8. The zero-order valence-corrected chi connectivity index (χ0v) is 22.3. The van der Waals surface area contributed by atoms with Crippen molar-refractivity contribution in [1.29, 1.82) is 0 Å². The van der Waals surface area contributed by atoms with Crippen molar-refractivity contribution in [3.8, 4) is 0 Å². The summed E-state index contributed by atoms with van der Waals surface area (Å²) in [6, 6.07) is 15.6. The number of aryl methyl sites for hydroxylation is 4. The molecule has 1 aromatic heterocycles. The molecule has 0 N–H and O–H groups in total. The zero-order chi connectivity index (χ0) is 24.9. The van der Waals surface area contributed by atoms with Crippen molar-refractivity contribution < 1.29 is 13.2 Å². The first-order valence-electron chi connectivity index (χ1n) is 11.6. The molecule has 0 spiro atoms. The highest BCUT2D eigenvalue weighted by Crippen LogP contribution is 2.26. The average molecular weight is 499 g/mol. The Morgan fingerprint density at radius 3 is 2.12 bits per heavy atom. The number of rotatable bonds is 10. The Labute approximate surface area is 208 Å². The van der Waals surface area contributed by atoms with Gasteiger partial charge in [0.2, 0.25) is 15.9 Å². The molecule has 0 bridgehead atoms. The summed E-state index contributed by atoms with van der Waals surface area (Å²) >= 11 is 1.62. The highest BCUT2D eigenvalue weighted by Gasteiger charge is 2.30. The second-order valence-corrected chi connectivity index (χ2v) is 11.7. The Kier molecular flexibility index (Phi) is 8.68. The van der Waals surface area contributed by atoms with Gasteiger partial charge in [0.1, 0.15) is 0 Å². The summed E-state index contributed by atoms with van der Waals surface area (Å²) in [5.41, 5.74) is 4.59. The summed E-state index contributed by atoms with van der Waals surface area (Å²) in [7, 11) is -3.82. The predicted molar refractivity (Wildman–Crippen MR) is 139 cm³/mol. The molecule has 0 aliphatic rings. The molecular formula is C27H34N2O3S2. The largest absolute Gasteiger partial charge is 0.332 e. The van der Waals surface area contributed by atoms with Crippen LogP contribution >= 0.6 is 11.3 Å². The molecule has 1 heterocycles. The maximum absolute atomic E-state index is 13.7. The molecule has 0 unspecified atom stereocenters. The van der Waals surface area contributed by atoms with Gasteiger partial charge in [-0.05, 0) is 67.8 Å². The molecule has 7 heteroatoms. The number of amides is 1. The fourth-order valence-electron chi connectivity index (χ4n) is 4.26. The van der Waals surface area contributed by atoms with Crippen molar-refractivity contribution in [3.63, 3.8) is 0 Å². The van der Waals surface area contributed by atoms with E-state index in [1.165, 1.54) is 4.31 Å². The Morgan fingerprint density at radius 1 is 0.912 bits per heavy atom. The summed E-state index contributed by atoms with van der Waals surface area (Å²) in [5.74, 6) is -0.198. The van der Waals surface area contributed by atoms with Gasteiger partial charge in [0.05, 0.1) is 18.0 Å². The molecule has 34 heavy (non-hydrogen) atoms. The average Bonchev–Trinajstić information content (AvgIpc) is 3.17. The van der Waals surface area contributed by atoms with Gasteiger partial charge in [-0.25, -0.2) is 8.42 Å². The highest BCUT2D eigenvalue weighted by molar-refractivity contribution is 7.89. The fraction of sp³-hybridized carbons (Fsp3) is 0.370. The molecule has 1 amide bonds. The third-order valence-electron chi connectivity index (χ3n) is 5.86. The van der Waals surface area contributed by atoms with E-state index in [0.717, 1.165) is 21.6 Å². The van der Waals surface area contributed by atoms with Gasteiger partial charge in [-0.3, -0.25) is 4.79 Å². The van der Waals surface area contributed by atoms with Gasteiger partial charge < -0.3 is 4.90 Å². The quantitative estimate of drug-likeness (QED) is 0.365. The molecule has 2 aromatic carbocycles. The van der Waals surface area contributed by atoms with Crippen molar-refractivity contribution in [2.24, 2.45) is 0 Å². The van der Waals surface area contributed by atoms with Gasteiger partial charge >= 0.3 is 0 Å². The van der Waals surface area contributed by atoms with Crippen molar-refractivity contribution >= 4 is 27.3 Å². The van der Waals surface area contributed by atoms with Gasteiger partial charge in [0, 0.05) is 18.0 Å². The maximum atomic E-state index is 13.7. The third kappa shape index (κ3) is 6.14. The van der Waals surface area contributed by atoms with E-state index in [9.17, 15) is 13.2 Å². The molecule has 3 rings (SSSR count). The van der Waals surface area contributed by atoms with Crippen LogP contribution in [0.25, 0.3) is 0 Å². The first-order chi connectivity index (χ1) is 16.1. The Morgan fingerprint density at radius 2 is 1.56 bits per heavy atom. The van der Waals surface area contributed by atoms with E-state index >= 15 is 0 Å². The van der Waals surface area contributed by atoms with E-state index in [1.54, 1.807) is 16.2 Å². The van der Waals surface area contributed by atoms with E-state index in [2.05, 4.69) is 0 Å². The lowest BCUT2D eigenvalue weighted by Crippen LogP contribution is -2.43. The normalized spacial score (nSPS) is 11.7. The number of benzene rings is 2. The minimum absolute atomic E-state index is 0.180. The monoisotopic (exact) mass is 498 g/mol. The van der Waals surface area contributed by atoms with E-state index in [4.69, 9.17) is 0 Å². The van der Waals surface area contributed by atoms with Crippen LogP contribution in [0.3, 0.4) is 0 Å². The van der Waals surface area contributed by atoms with E-state index in [1.807, 2.05) is 88.5 Å². The van der Waals surface area contributed by atoms with Crippen molar-refractivity contribution in [1.82, 2.24) is 9.21 Å². The van der Waals surface area contributed by atoms with Crippen LogP contribution in [-0.2, 0) is 27.9 Å². The molecule has 3 aromatic rings. The van der Waals surface area contributed by atoms with Crippen LogP contribution < -0.4 is 0 Å². The van der Waals surface area contributed by atoms with Crippen LogP contribution in [-0.4, -0.2) is 36.6 Å². The van der Waals surface area contributed by atoms with Crippen LogP contribution in [0.1, 0.15) is 46.0 Å². The third-order valence-corrected chi connectivity index (χ3v) is 9.02. The van der Waals surface area contributed by atoms with E-state index in [0.29, 0.717) is 35.5 Å². The number of carbonyl (C=O) groups excluding carboxylic acids is 1. The smallest absolute Gasteiger partial charge is 0.244 e. The predicted octanol–water partition coefficient (Wildman–Crippen LogP) is 5.61. The van der Waals surface area contributed by atoms with E-state index < -0.39 is 10.0 Å². The zero-order valence-electron chi connectivity index (χ0n) is 20.7. The molecule has 5 nitrogen and oxygen atoms in total. The van der Waals surface area contributed by atoms with Gasteiger partial charge in [0.25, 0.3) is 0 Å². The molecular weight excluding hydrogens is 464 g/mol. The molecule has 0 radical (unpaired) electrons. The van der Waals surface area contributed by atoms with Gasteiger partial charge in [-0.1, -0.05) is 55.0 Å².